The normalized spacial score (nSPS) is 20.0. The van der Waals surface area contributed by atoms with E-state index in [1.54, 1.807) is 0 Å². The lowest BCUT2D eigenvalue weighted by molar-refractivity contribution is -0.134. The van der Waals surface area contributed by atoms with Crippen LogP contribution in [-0.4, -0.2) is 40.4 Å². The van der Waals surface area contributed by atoms with E-state index in [0.717, 1.165) is 51.6 Å². The SMILES string of the molecule is CC(C)Sc1nnc(C(C(=O)NC(=O)C2CCCCCC2)C2CCNCC2)o1.Cl. The minimum absolute atomic E-state index is 0. The second kappa shape index (κ2) is 11.9. The number of carbonyl (C=O) groups excluding carboxylic acids is 2. The van der Waals surface area contributed by atoms with Gasteiger partial charge >= 0.3 is 0 Å². The third kappa shape index (κ3) is 6.96. The number of piperidine rings is 1. The van der Waals surface area contributed by atoms with Gasteiger partial charge in [0.05, 0.1) is 0 Å². The van der Waals surface area contributed by atoms with Gasteiger partial charge in [0, 0.05) is 11.2 Å². The number of nitrogens with zero attached hydrogens (tertiary/aromatic N) is 2. The van der Waals surface area contributed by atoms with Crippen molar-refractivity contribution in [2.45, 2.75) is 81.6 Å². The molecule has 7 nitrogen and oxygen atoms in total. The van der Waals surface area contributed by atoms with Crippen molar-refractivity contribution in [3.8, 4) is 0 Å². The topological polar surface area (TPSA) is 97.1 Å². The fourth-order valence-corrected chi connectivity index (χ4v) is 4.77. The summed E-state index contributed by atoms with van der Waals surface area (Å²) in [5.41, 5.74) is 0. The molecule has 0 bridgehead atoms. The highest BCUT2D eigenvalue weighted by molar-refractivity contribution is 7.99. The fourth-order valence-electron chi connectivity index (χ4n) is 4.14. The van der Waals surface area contributed by atoms with Crippen molar-refractivity contribution in [1.82, 2.24) is 20.8 Å². The Morgan fingerprint density at radius 1 is 1.07 bits per heavy atom. The molecule has 9 heteroatoms. The number of carbonyl (C=O) groups is 2. The number of thioether (sulfide) groups is 1. The molecule has 2 N–H and O–H groups in total. The monoisotopic (exact) mass is 444 g/mol. The average molecular weight is 445 g/mol. The first-order valence-corrected chi connectivity index (χ1v) is 11.5. The number of hydrogen-bond donors (Lipinski definition) is 2. The van der Waals surface area contributed by atoms with Crippen LogP contribution in [0.3, 0.4) is 0 Å². The summed E-state index contributed by atoms with van der Waals surface area (Å²) < 4.78 is 5.83. The van der Waals surface area contributed by atoms with Crippen molar-refractivity contribution < 1.29 is 14.0 Å². The van der Waals surface area contributed by atoms with Crippen molar-refractivity contribution in [2.24, 2.45) is 11.8 Å². The van der Waals surface area contributed by atoms with Gasteiger partial charge in [0.15, 0.2) is 0 Å². The summed E-state index contributed by atoms with van der Waals surface area (Å²) >= 11 is 1.48. The largest absolute Gasteiger partial charge is 0.415 e. The Morgan fingerprint density at radius 3 is 2.34 bits per heavy atom. The van der Waals surface area contributed by atoms with Crippen LogP contribution in [0.2, 0.25) is 0 Å². The fraction of sp³-hybridized carbons (Fsp3) is 0.800. The van der Waals surface area contributed by atoms with E-state index in [1.165, 1.54) is 24.6 Å². The minimum Gasteiger partial charge on any atom is -0.415 e. The van der Waals surface area contributed by atoms with Crippen molar-refractivity contribution in [3.63, 3.8) is 0 Å². The molecule has 0 aromatic carbocycles. The molecule has 2 aliphatic rings. The summed E-state index contributed by atoms with van der Waals surface area (Å²) in [6.45, 7) is 5.81. The third-order valence-electron chi connectivity index (χ3n) is 5.63. The lowest BCUT2D eigenvalue weighted by atomic mass is 9.84. The third-order valence-corrected chi connectivity index (χ3v) is 6.47. The van der Waals surface area contributed by atoms with E-state index in [9.17, 15) is 9.59 Å². The van der Waals surface area contributed by atoms with E-state index in [2.05, 4.69) is 34.7 Å². The van der Waals surface area contributed by atoms with E-state index < -0.39 is 5.92 Å². The van der Waals surface area contributed by atoms with Crippen LogP contribution >= 0.6 is 24.2 Å². The standard InChI is InChI=1S/C20H32N4O3S.ClH/c1-13(2)28-20-24-23-19(27-20)16(14-9-11-21-12-10-14)18(26)22-17(25)15-7-5-3-4-6-8-15;/h13-16,21H,3-12H2,1-2H3,(H,22,25,26);1H. The number of amides is 2. The highest BCUT2D eigenvalue weighted by atomic mass is 35.5. The first-order chi connectivity index (χ1) is 13.5. The van der Waals surface area contributed by atoms with Crippen LogP contribution < -0.4 is 10.6 Å². The van der Waals surface area contributed by atoms with Crippen LogP contribution in [-0.2, 0) is 9.59 Å². The molecule has 1 aliphatic carbocycles. The second-order valence-corrected chi connectivity index (χ2v) is 9.71. The zero-order valence-corrected chi connectivity index (χ0v) is 18.9. The van der Waals surface area contributed by atoms with Crippen LogP contribution in [0.1, 0.15) is 77.0 Å². The highest BCUT2D eigenvalue weighted by Crippen LogP contribution is 2.33. The van der Waals surface area contributed by atoms with Gasteiger partial charge in [0.2, 0.25) is 17.7 Å². The lowest BCUT2D eigenvalue weighted by Gasteiger charge is -2.28. The summed E-state index contributed by atoms with van der Waals surface area (Å²) in [6.07, 6.45) is 7.91. The van der Waals surface area contributed by atoms with Gasteiger partial charge in [0.1, 0.15) is 5.92 Å². The van der Waals surface area contributed by atoms with Gasteiger partial charge < -0.3 is 9.73 Å². The van der Waals surface area contributed by atoms with Crippen LogP contribution in [0.4, 0.5) is 0 Å². The molecule has 1 saturated heterocycles. The molecule has 164 valence electrons. The van der Waals surface area contributed by atoms with Crippen LogP contribution in [0.25, 0.3) is 0 Å². The van der Waals surface area contributed by atoms with Crippen LogP contribution in [0.15, 0.2) is 9.64 Å². The molecule has 1 aromatic rings. The Balaban J connectivity index is 0.00000300. The lowest BCUT2D eigenvalue weighted by Crippen LogP contribution is -2.42. The Bertz CT molecular complexity index is 656. The molecule has 2 fully saturated rings. The van der Waals surface area contributed by atoms with Crippen LogP contribution in [0, 0.1) is 11.8 Å². The summed E-state index contributed by atoms with van der Waals surface area (Å²) in [4.78, 5) is 25.8. The molecule has 2 heterocycles. The molecule has 0 radical (unpaired) electrons. The number of rotatable bonds is 6. The Kier molecular flexibility index (Phi) is 9.92. The number of aromatic nitrogens is 2. The predicted molar refractivity (Wildman–Crippen MR) is 115 cm³/mol. The number of hydrogen-bond acceptors (Lipinski definition) is 7. The van der Waals surface area contributed by atoms with Gasteiger partial charge in [0.25, 0.3) is 5.22 Å². The quantitative estimate of drug-likeness (QED) is 0.510. The van der Waals surface area contributed by atoms with Crippen molar-refractivity contribution in [3.05, 3.63) is 5.89 Å². The molecule has 3 rings (SSSR count). The van der Waals surface area contributed by atoms with Crippen molar-refractivity contribution in [1.29, 1.82) is 0 Å². The van der Waals surface area contributed by atoms with Gasteiger partial charge in [-0.15, -0.1) is 22.6 Å². The average Bonchev–Trinajstić information content (AvgIpc) is 2.93. The summed E-state index contributed by atoms with van der Waals surface area (Å²) in [5.74, 6) is -0.615. The molecule has 1 saturated carbocycles. The van der Waals surface area contributed by atoms with Gasteiger partial charge in [-0.05, 0) is 44.7 Å². The van der Waals surface area contributed by atoms with E-state index in [-0.39, 0.29) is 36.1 Å². The molecule has 2 amide bonds. The summed E-state index contributed by atoms with van der Waals surface area (Å²) in [7, 11) is 0. The second-order valence-electron chi connectivity index (χ2n) is 8.18. The zero-order valence-electron chi connectivity index (χ0n) is 17.3. The van der Waals surface area contributed by atoms with Crippen molar-refractivity contribution in [2.75, 3.05) is 13.1 Å². The number of halogens is 1. The smallest absolute Gasteiger partial charge is 0.276 e. The van der Waals surface area contributed by atoms with Crippen molar-refractivity contribution >= 4 is 36.0 Å². The molecule has 29 heavy (non-hydrogen) atoms. The molecular formula is C20H33ClN4O3S. The Hall–Kier alpha value is -1.12. The number of nitrogens with one attached hydrogen (secondary N) is 2. The summed E-state index contributed by atoms with van der Waals surface area (Å²) in [5, 5.41) is 15.1. The van der Waals surface area contributed by atoms with Gasteiger partial charge in [-0.1, -0.05) is 51.3 Å². The van der Waals surface area contributed by atoms with E-state index >= 15 is 0 Å². The van der Waals surface area contributed by atoms with E-state index in [0.29, 0.717) is 16.4 Å². The highest BCUT2D eigenvalue weighted by Gasteiger charge is 2.37. The van der Waals surface area contributed by atoms with Gasteiger partial charge in [-0.25, -0.2) is 0 Å². The molecule has 1 atom stereocenters. The predicted octanol–water partition coefficient (Wildman–Crippen LogP) is 3.69. The molecular weight excluding hydrogens is 412 g/mol. The first kappa shape index (κ1) is 24.2. The Labute approximate surface area is 183 Å². The maximum Gasteiger partial charge on any atom is 0.276 e. The molecule has 1 unspecified atom stereocenters. The maximum atomic E-state index is 13.1. The molecule has 0 spiro atoms. The van der Waals surface area contributed by atoms with Gasteiger partial charge in [-0.3, -0.25) is 14.9 Å². The number of imide groups is 1. The molecule has 1 aromatic heterocycles. The van der Waals surface area contributed by atoms with Gasteiger partial charge in [-0.2, -0.15) is 0 Å². The molecule has 1 aliphatic heterocycles. The first-order valence-electron chi connectivity index (χ1n) is 10.6. The zero-order chi connectivity index (χ0) is 19.9. The Morgan fingerprint density at radius 2 is 1.72 bits per heavy atom. The van der Waals surface area contributed by atoms with Crippen LogP contribution in [0.5, 0.6) is 0 Å². The summed E-state index contributed by atoms with van der Waals surface area (Å²) in [6, 6.07) is 0. The van der Waals surface area contributed by atoms with E-state index in [4.69, 9.17) is 4.42 Å². The minimum atomic E-state index is -0.564. The maximum absolute atomic E-state index is 13.1. The van der Waals surface area contributed by atoms with E-state index in [1.807, 2.05) is 0 Å².